The molecule has 0 fully saturated rings. The minimum absolute atomic E-state index is 0.0150. The van der Waals surface area contributed by atoms with Crippen LogP contribution in [0, 0.1) is 0 Å². The van der Waals surface area contributed by atoms with E-state index < -0.39 is 0 Å². The predicted molar refractivity (Wildman–Crippen MR) is 57.1 cm³/mol. The molecule has 1 nitrogen and oxygen atoms in total. The highest BCUT2D eigenvalue weighted by molar-refractivity contribution is 7.13. The van der Waals surface area contributed by atoms with Crippen LogP contribution in [0.4, 0.5) is 0 Å². The van der Waals surface area contributed by atoms with E-state index in [2.05, 4.69) is 0 Å². The molecule has 66 valence electrons. The van der Waals surface area contributed by atoms with Crippen molar-refractivity contribution in [3.05, 3.63) is 43.7 Å². The molecule has 0 atom stereocenters. The molecule has 4 heteroatoms. The van der Waals surface area contributed by atoms with Gasteiger partial charge in [0.05, 0.1) is 9.90 Å². The summed E-state index contributed by atoms with van der Waals surface area (Å²) in [6, 6.07) is 3.55. The van der Waals surface area contributed by atoms with Crippen LogP contribution in [0.2, 0.25) is 5.02 Å². The summed E-state index contributed by atoms with van der Waals surface area (Å²) in [5.74, 6) is 0.0150. The van der Waals surface area contributed by atoms with E-state index in [1.165, 1.54) is 22.7 Å². The normalized spacial score (nSPS) is 10.2. The third-order valence-electron chi connectivity index (χ3n) is 1.61. The highest BCUT2D eigenvalue weighted by Crippen LogP contribution is 2.25. The number of ketones is 1. The number of rotatable bonds is 2. The first-order valence-corrected chi connectivity index (χ1v) is 5.79. The molecule has 2 aromatic heterocycles. The van der Waals surface area contributed by atoms with E-state index >= 15 is 0 Å². The number of hydrogen-bond donors (Lipinski definition) is 0. The SMILES string of the molecule is O=C(c1ccsc1)c1sccc1Cl. The molecule has 0 aliphatic carbocycles. The van der Waals surface area contributed by atoms with Gasteiger partial charge in [0, 0.05) is 10.9 Å². The molecule has 0 spiro atoms. The fourth-order valence-corrected chi connectivity index (χ4v) is 2.72. The molecule has 0 radical (unpaired) electrons. The summed E-state index contributed by atoms with van der Waals surface area (Å²) >= 11 is 8.74. The van der Waals surface area contributed by atoms with E-state index in [1.54, 1.807) is 6.07 Å². The van der Waals surface area contributed by atoms with Crippen LogP contribution in [-0.2, 0) is 0 Å². The van der Waals surface area contributed by atoms with Crippen LogP contribution < -0.4 is 0 Å². The van der Waals surface area contributed by atoms with E-state index in [-0.39, 0.29) is 5.78 Å². The Balaban J connectivity index is 2.39. The average molecular weight is 229 g/mol. The smallest absolute Gasteiger partial charge is 0.205 e. The van der Waals surface area contributed by atoms with Crippen LogP contribution in [0.15, 0.2) is 28.3 Å². The third kappa shape index (κ3) is 1.68. The van der Waals surface area contributed by atoms with Crippen LogP contribution in [0.25, 0.3) is 0 Å². The molecular formula is C9H5ClOS2. The Bertz CT molecular complexity index is 417. The zero-order valence-electron chi connectivity index (χ0n) is 6.49. The molecule has 0 bridgehead atoms. The molecule has 0 aliphatic heterocycles. The Kier molecular flexibility index (Phi) is 2.49. The van der Waals surface area contributed by atoms with Crippen molar-refractivity contribution in [2.45, 2.75) is 0 Å². The first-order valence-electron chi connectivity index (χ1n) is 3.59. The maximum Gasteiger partial charge on any atom is 0.205 e. The van der Waals surface area contributed by atoms with Crippen molar-refractivity contribution < 1.29 is 4.79 Å². The van der Waals surface area contributed by atoms with Crippen molar-refractivity contribution in [3.8, 4) is 0 Å². The predicted octanol–water partition coefficient (Wildman–Crippen LogP) is 3.69. The molecular weight excluding hydrogens is 224 g/mol. The minimum atomic E-state index is 0.0150. The molecule has 2 heterocycles. The highest BCUT2D eigenvalue weighted by Gasteiger charge is 2.13. The van der Waals surface area contributed by atoms with Crippen molar-refractivity contribution in [2.75, 3.05) is 0 Å². The molecule has 13 heavy (non-hydrogen) atoms. The maximum atomic E-state index is 11.7. The second-order valence-electron chi connectivity index (χ2n) is 2.44. The zero-order valence-corrected chi connectivity index (χ0v) is 8.88. The number of thiophene rings is 2. The van der Waals surface area contributed by atoms with Crippen LogP contribution in [0.3, 0.4) is 0 Å². The van der Waals surface area contributed by atoms with Gasteiger partial charge in [0.15, 0.2) is 0 Å². The Morgan fingerprint density at radius 1 is 1.31 bits per heavy atom. The quantitative estimate of drug-likeness (QED) is 0.717. The van der Waals surface area contributed by atoms with Gasteiger partial charge in [-0.15, -0.1) is 11.3 Å². The Labute approximate surface area is 88.6 Å². The Morgan fingerprint density at radius 3 is 2.69 bits per heavy atom. The molecule has 2 aromatic rings. The van der Waals surface area contributed by atoms with Gasteiger partial charge in [-0.05, 0) is 22.9 Å². The first-order chi connectivity index (χ1) is 6.29. The Hall–Kier alpha value is -0.640. The van der Waals surface area contributed by atoms with Gasteiger partial charge in [-0.1, -0.05) is 11.6 Å². The summed E-state index contributed by atoms with van der Waals surface area (Å²) in [7, 11) is 0. The largest absolute Gasteiger partial charge is 0.288 e. The summed E-state index contributed by atoms with van der Waals surface area (Å²) in [6.45, 7) is 0. The van der Waals surface area contributed by atoms with Crippen LogP contribution in [0.5, 0.6) is 0 Å². The number of carbonyl (C=O) groups excluding carboxylic acids is 1. The second kappa shape index (κ2) is 3.62. The lowest BCUT2D eigenvalue weighted by Gasteiger charge is -1.93. The fraction of sp³-hybridized carbons (Fsp3) is 0. The number of halogens is 1. The van der Waals surface area contributed by atoms with Crippen LogP contribution in [0.1, 0.15) is 15.2 Å². The van der Waals surface area contributed by atoms with E-state index in [4.69, 9.17) is 11.6 Å². The van der Waals surface area contributed by atoms with Crippen molar-refractivity contribution in [1.29, 1.82) is 0 Å². The molecule has 0 unspecified atom stereocenters. The Morgan fingerprint density at radius 2 is 2.15 bits per heavy atom. The standard InChI is InChI=1S/C9H5ClOS2/c10-7-2-4-13-9(7)8(11)6-1-3-12-5-6/h1-5H. The fourth-order valence-electron chi connectivity index (χ4n) is 0.981. The lowest BCUT2D eigenvalue weighted by atomic mass is 10.2. The summed E-state index contributed by atoms with van der Waals surface area (Å²) in [5, 5.41) is 6.08. The van der Waals surface area contributed by atoms with Crippen molar-refractivity contribution in [1.82, 2.24) is 0 Å². The maximum absolute atomic E-state index is 11.7. The first kappa shape index (κ1) is 8.94. The molecule has 0 saturated carbocycles. The van der Waals surface area contributed by atoms with Gasteiger partial charge < -0.3 is 0 Å². The van der Waals surface area contributed by atoms with Gasteiger partial charge in [-0.3, -0.25) is 4.79 Å². The minimum Gasteiger partial charge on any atom is -0.288 e. The van der Waals surface area contributed by atoms with Gasteiger partial charge in [0.2, 0.25) is 5.78 Å². The van der Waals surface area contributed by atoms with Gasteiger partial charge in [-0.2, -0.15) is 11.3 Å². The van der Waals surface area contributed by atoms with E-state index in [0.29, 0.717) is 15.5 Å². The summed E-state index contributed by atoms with van der Waals surface area (Å²) in [4.78, 5) is 12.3. The van der Waals surface area contributed by atoms with Crippen LogP contribution >= 0.6 is 34.3 Å². The van der Waals surface area contributed by atoms with E-state index in [1.807, 2.05) is 22.2 Å². The second-order valence-corrected chi connectivity index (χ2v) is 4.54. The lowest BCUT2D eigenvalue weighted by Crippen LogP contribution is -1.96. The van der Waals surface area contributed by atoms with Gasteiger partial charge in [-0.25, -0.2) is 0 Å². The van der Waals surface area contributed by atoms with Crippen molar-refractivity contribution >= 4 is 40.1 Å². The summed E-state index contributed by atoms with van der Waals surface area (Å²) < 4.78 is 0. The molecule has 2 rings (SSSR count). The molecule has 0 amide bonds. The third-order valence-corrected chi connectivity index (χ3v) is 3.63. The lowest BCUT2D eigenvalue weighted by molar-refractivity contribution is 0.104. The molecule has 0 aliphatic rings. The summed E-state index contributed by atoms with van der Waals surface area (Å²) in [5.41, 5.74) is 0.717. The number of hydrogen-bond acceptors (Lipinski definition) is 3. The molecule has 0 aromatic carbocycles. The van der Waals surface area contributed by atoms with Crippen LogP contribution in [-0.4, -0.2) is 5.78 Å². The topological polar surface area (TPSA) is 17.1 Å². The van der Waals surface area contributed by atoms with Crippen molar-refractivity contribution in [3.63, 3.8) is 0 Å². The molecule has 0 saturated heterocycles. The molecule has 0 N–H and O–H groups in total. The number of carbonyl (C=O) groups is 1. The monoisotopic (exact) mass is 228 g/mol. The van der Waals surface area contributed by atoms with Gasteiger partial charge in [0.25, 0.3) is 0 Å². The van der Waals surface area contributed by atoms with E-state index in [0.717, 1.165) is 0 Å². The van der Waals surface area contributed by atoms with Crippen molar-refractivity contribution in [2.24, 2.45) is 0 Å². The van der Waals surface area contributed by atoms with E-state index in [9.17, 15) is 4.79 Å². The zero-order chi connectivity index (χ0) is 9.26. The average Bonchev–Trinajstić information content (AvgIpc) is 2.72. The van der Waals surface area contributed by atoms with Gasteiger partial charge in [0.1, 0.15) is 0 Å². The highest BCUT2D eigenvalue weighted by atomic mass is 35.5. The van der Waals surface area contributed by atoms with Gasteiger partial charge >= 0.3 is 0 Å². The summed E-state index contributed by atoms with van der Waals surface area (Å²) in [6.07, 6.45) is 0.